The minimum absolute atomic E-state index is 0. The highest BCUT2D eigenvalue weighted by atomic mass is 79.9. The summed E-state index contributed by atoms with van der Waals surface area (Å²) < 4.78 is 0. The zero-order chi connectivity index (χ0) is 8.27. The van der Waals surface area contributed by atoms with Crippen LogP contribution in [0.15, 0.2) is 23.1 Å². The first-order valence-corrected chi connectivity index (χ1v) is 4.14. The molecule has 0 atom stereocenters. The molecule has 0 aliphatic carbocycles. The van der Waals surface area contributed by atoms with E-state index in [2.05, 4.69) is 20.9 Å². The van der Waals surface area contributed by atoms with Crippen LogP contribution in [0.4, 0.5) is 0 Å². The molecule has 66 valence electrons. The monoisotopic (exact) mass is 295 g/mol. The molecular weight excluding hydrogens is 290 g/mol. The fourth-order valence-corrected chi connectivity index (χ4v) is 0.985. The van der Waals surface area contributed by atoms with Gasteiger partial charge in [-0.3, -0.25) is 9.59 Å². The van der Waals surface area contributed by atoms with Gasteiger partial charge in [-0.25, -0.2) is 0 Å². The van der Waals surface area contributed by atoms with Crippen molar-refractivity contribution >= 4 is 38.7 Å². The van der Waals surface area contributed by atoms with E-state index in [1.165, 1.54) is 18.3 Å². The lowest BCUT2D eigenvalue weighted by Crippen LogP contribution is -2.07. The van der Waals surface area contributed by atoms with Gasteiger partial charge in [-0.05, 0) is 6.07 Å². The molecule has 1 aromatic rings. The summed E-state index contributed by atoms with van der Waals surface area (Å²) in [4.78, 5) is 23.9. The number of aromatic nitrogens is 1. The molecule has 0 saturated carbocycles. The fourth-order valence-electron chi connectivity index (χ4n) is 0.661. The maximum Gasteiger partial charge on any atom is 0.247 e. The standard InChI is InChI=1S/C7H6BrNO2.BrH/c8-3-6(10)5-1-2-7(11)9-4-5;/h1-2,4H,3H2,(H,9,11);1H. The van der Waals surface area contributed by atoms with Crippen LogP contribution in [0, 0.1) is 0 Å². The van der Waals surface area contributed by atoms with E-state index < -0.39 is 0 Å². The number of ketones is 1. The van der Waals surface area contributed by atoms with Gasteiger partial charge in [0, 0.05) is 17.8 Å². The molecule has 0 fully saturated rings. The summed E-state index contributed by atoms with van der Waals surface area (Å²) in [7, 11) is 0. The van der Waals surface area contributed by atoms with Crippen LogP contribution in [0.2, 0.25) is 0 Å². The Hall–Kier alpha value is -0.420. The maximum absolute atomic E-state index is 11.0. The normalized spacial score (nSPS) is 8.75. The predicted octanol–water partition coefficient (Wildman–Crippen LogP) is 1.53. The van der Waals surface area contributed by atoms with Crippen LogP contribution in [0.25, 0.3) is 0 Å². The predicted molar refractivity (Wildman–Crippen MR) is 55.5 cm³/mol. The van der Waals surface area contributed by atoms with Crippen LogP contribution < -0.4 is 5.56 Å². The average Bonchev–Trinajstić information content (AvgIpc) is 2.05. The molecule has 0 aromatic carbocycles. The second kappa shape index (κ2) is 5.27. The summed E-state index contributed by atoms with van der Waals surface area (Å²) in [5.74, 6) is -0.0405. The molecule has 0 unspecified atom stereocenters. The van der Waals surface area contributed by atoms with Gasteiger partial charge in [0.15, 0.2) is 5.78 Å². The Morgan fingerprint density at radius 1 is 1.50 bits per heavy atom. The van der Waals surface area contributed by atoms with Gasteiger partial charge in [0.2, 0.25) is 5.56 Å². The Morgan fingerprint density at radius 3 is 2.58 bits per heavy atom. The second-order valence-electron chi connectivity index (χ2n) is 2.00. The largest absolute Gasteiger partial charge is 0.328 e. The van der Waals surface area contributed by atoms with Crippen molar-refractivity contribution in [3.05, 3.63) is 34.2 Å². The smallest absolute Gasteiger partial charge is 0.247 e. The molecule has 0 saturated heterocycles. The molecule has 0 bridgehead atoms. The molecule has 0 aliphatic rings. The lowest BCUT2D eigenvalue weighted by atomic mass is 10.2. The van der Waals surface area contributed by atoms with Gasteiger partial charge in [-0.2, -0.15) is 0 Å². The Balaban J connectivity index is 0.00000121. The summed E-state index contributed by atoms with van der Waals surface area (Å²) >= 11 is 3.03. The molecule has 0 spiro atoms. The van der Waals surface area contributed by atoms with Crippen LogP contribution in [0.3, 0.4) is 0 Å². The highest BCUT2D eigenvalue weighted by Gasteiger charge is 2.01. The van der Waals surface area contributed by atoms with Crippen molar-refractivity contribution < 1.29 is 4.79 Å². The van der Waals surface area contributed by atoms with E-state index in [1.807, 2.05) is 0 Å². The lowest BCUT2D eigenvalue weighted by Gasteiger charge is -1.92. The van der Waals surface area contributed by atoms with Crippen molar-refractivity contribution in [2.75, 3.05) is 5.33 Å². The third kappa shape index (κ3) is 2.91. The second-order valence-corrected chi connectivity index (χ2v) is 2.56. The third-order valence-electron chi connectivity index (χ3n) is 1.23. The van der Waals surface area contributed by atoms with E-state index >= 15 is 0 Å². The van der Waals surface area contributed by atoms with Crippen molar-refractivity contribution in [1.82, 2.24) is 4.98 Å². The molecule has 0 aliphatic heterocycles. The van der Waals surface area contributed by atoms with E-state index in [1.54, 1.807) is 0 Å². The summed E-state index contributed by atoms with van der Waals surface area (Å²) in [5.41, 5.74) is 0.317. The van der Waals surface area contributed by atoms with Crippen molar-refractivity contribution in [1.29, 1.82) is 0 Å². The lowest BCUT2D eigenvalue weighted by molar-refractivity contribution is 0.102. The Morgan fingerprint density at radius 2 is 2.17 bits per heavy atom. The summed E-state index contributed by atoms with van der Waals surface area (Å²) in [5, 5.41) is 0.277. The van der Waals surface area contributed by atoms with Gasteiger partial charge in [0.25, 0.3) is 0 Å². The molecule has 1 heterocycles. The van der Waals surface area contributed by atoms with E-state index in [4.69, 9.17) is 0 Å². The highest BCUT2D eigenvalue weighted by molar-refractivity contribution is 9.09. The van der Waals surface area contributed by atoms with Gasteiger partial charge < -0.3 is 4.98 Å². The summed E-state index contributed by atoms with van der Waals surface area (Å²) in [6.07, 6.45) is 1.41. The van der Waals surface area contributed by atoms with Gasteiger partial charge in [-0.15, -0.1) is 17.0 Å². The van der Waals surface area contributed by atoms with Crippen LogP contribution in [-0.2, 0) is 0 Å². The number of nitrogens with one attached hydrogen (secondary N) is 1. The first kappa shape index (κ1) is 11.6. The summed E-state index contributed by atoms with van der Waals surface area (Å²) in [6.45, 7) is 0. The molecule has 5 heteroatoms. The van der Waals surface area contributed by atoms with E-state index in [0.29, 0.717) is 5.56 Å². The number of rotatable bonds is 2. The highest BCUT2D eigenvalue weighted by Crippen LogP contribution is 1.97. The molecular formula is C7H7Br2NO2. The van der Waals surface area contributed by atoms with Crippen molar-refractivity contribution in [3.8, 4) is 0 Å². The van der Waals surface area contributed by atoms with E-state index in [9.17, 15) is 9.59 Å². The number of alkyl halides is 1. The number of H-pyrrole nitrogens is 1. The number of halogens is 2. The molecule has 12 heavy (non-hydrogen) atoms. The number of hydrogen-bond donors (Lipinski definition) is 1. The van der Waals surface area contributed by atoms with Crippen molar-refractivity contribution in [3.63, 3.8) is 0 Å². The minimum Gasteiger partial charge on any atom is -0.328 e. The first-order valence-electron chi connectivity index (χ1n) is 3.02. The quantitative estimate of drug-likeness (QED) is 0.665. The summed E-state index contributed by atoms with van der Waals surface area (Å²) in [6, 6.07) is 2.83. The number of carbonyl (C=O) groups excluding carboxylic acids is 1. The van der Waals surface area contributed by atoms with E-state index in [0.717, 1.165) is 0 Å². The third-order valence-corrected chi connectivity index (χ3v) is 1.74. The van der Waals surface area contributed by atoms with Crippen LogP contribution in [0.1, 0.15) is 10.4 Å². The number of pyridine rings is 1. The van der Waals surface area contributed by atoms with E-state index in [-0.39, 0.29) is 33.7 Å². The topological polar surface area (TPSA) is 49.9 Å². The fraction of sp³-hybridized carbons (Fsp3) is 0.143. The number of hydrogen-bond acceptors (Lipinski definition) is 2. The van der Waals surface area contributed by atoms with Crippen LogP contribution in [0.5, 0.6) is 0 Å². The molecule has 1 rings (SSSR count). The Bertz CT molecular complexity index is 301. The number of carbonyl (C=O) groups is 1. The molecule has 1 N–H and O–H groups in total. The minimum atomic E-state index is -0.198. The van der Waals surface area contributed by atoms with Crippen LogP contribution >= 0.6 is 32.9 Å². The number of Topliss-reactive ketones (excluding diaryl/α,β-unsaturated/α-hetero) is 1. The maximum atomic E-state index is 11.0. The molecule has 3 nitrogen and oxygen atoms in total. The van der Waals surface area contributed by atoms with Crippen molar-refractivity contribution in [2.45, 2.75) is 0 Å². The average molecular weight is 297 g/mol. The first-order chi connectivity index (χ1) is 5.24. The van der Waals surface area contributed by atoms with Gasteiger partial charge in [-0.1, -0.05) is 15.9 Å². The van der Waals surface area contributed by atoms with Crippen molar-refractivity contribution in [2.24, 2.45) is 0 Å². The zero-order valence-corrected chi connectivity index (χ0v) is 9.34. The molecule has 1 aromatic heterocycles. The molecule has 0 amide bonds. The van der Waals surface area contributed by atoms with Gasteiger partial charge in [0.1, 0.15) is 0 Å². The number of aromatic amines is 1. The van der Waals surface area contributed by atoms with Gasteiger partial charge in [0.05, 0.1) is 5.33 Å². The SMILES string of the molecule is Br.O=C(CBr)c1ccc(=O)[nH]c1. The zero-order valence-electron chi connectivity index (χ0n) is 6.04. The van der Waals surface area contributed by atoms with Crippen LogP contribution in [-0.4, -0.2) is 16.1 Å². The molecule has 0 radical (unpaired) electrons. The van der Waals surface area contributed by atoms with Gasteiger partial charge >= 0.3 is 0 Å². The Labute approximate surface area is 88.1 Å². The Kier molecular flexibility index (Phi) is 5.08.